The van der Waals surface area contributed by atoms with E-state index < -0.39 is 34.0 Å². The predicted octanol–water partition coefficient (Wildman–Crippen LogP) is 4.83. The first-order valence-corrected chi connectivity index (χ1v) is 8.37. The Bertz CT molecular complexity index is 1200. The van der Waals surface area contributed by atoms with Crippen molar-refractivity contribution < 1.29 is 17.6 Å². The van der Waals surface area contributed by atoms with Gasteiger partial charge in [-0.2, -0.15) is 13.2 Å². The molecule has 0 bridgehead atoms. The maximum absolute atomic E-state index is 14.1. The molecule has 146 valence electrons. The summed E-state index contributed by atoms with van der Waals surface area (Å²) in [6, 6.07) is 2.85. The van der Waals surface area contributed by atoms with Gasteiger partial charge in [-0.3, -0.25) is 9.59 Å². The number of rotatable bonds is 2. The SMILES string of the molecule is Cc1[nH]c(C)c(-c2c[nH]c(-c3cc(C(F)(F)F)ccc3F)cc2=O)c(=O)c1Cl. The van der Waals surface area contributed by atoms with Gasteiger partial charge in [0, 0.05) is 29.2 Å². The molecule has 2 heterocycles. The van der Waals surface area contributed by atoms with Crippen LogP contribution in [0.1, 0.15) is 17.0 Å². The first kappa shape index (κ1) is 19.9. The van der Waals surface area contributed by atoms with E-state index in [1.54, 1.807) is 13.8 Å². The predicted molar refractivity (Wildman–Crippen MR) is 98.0 cm³/mol. The molecule has 0 unspecified atom stereocenters. The third kappa shape index (κ3) is 3.47. The number of hydrogen-bond donors (Lipinski definition) is 2. The highest BCUT2D eigenvalue weighted by atomic mass is 35.5. The average molecular weight is 413 g/mol. The minimum atomic E-state index is -4.66. The zero-order valence-electron chi connectivity index (χ0n) is 14.6. The number of nitrogens with one attached hydrogen (secondary N) is 2. The summed E-state index contributed by atoms with van der Waals surface area (Å²) in [6.07, 6.45) is -3.51. The minimum Gasteiger partial charge on any atom is -0.361 e. The zero-order valence-corrected chi connectivity index (χ0v) is 15.3. The van der Waals surface area contributed by atoms with Crippen molar-refractivity contribution >= 4 is 11.6 Å². The van der Waals surface area contributed by atoms with Crippen LogP contribution in [0.3, 0.4) is 0 Å². The van der Waals surface area contributed by atoms with Gasteiger partial charge in [0.15, 0.2) is 5.43 Å². The summed E-state index contributed by atoms with van der Waals surface area (Å²) in [5, 5.41) is -0.0759. The summed E-state index contributed by atoms with van der Waals surface area (Å²) < 4.78 is 52.7. The van der Waals surface area contributed by atoms with Gasteiger partial charge in [0.25, 0.3) is 0 Å². The third-order valence-electron chi connectivity index (χ3n) is 4.27. The lowest BCUT2D eigenvalue weighted by atomic mass is 10.0. The molecule has 0 radical (unpaired) electrons. The summed E-state index contributed by atoms with van der Waals surface area (Å²) in [6.45, 7) is 3.18. The lowest BCUT2D eigenvalue weighted by Gasteiger charge is -2.11. The standard InChI is InChI=1S/C19H13ClF4N2O2/c1-8-16(18(28)17(20)9(2)26-8)12-7-25-14(6-15(12)27)11-5-10(19(22,23)24)3-4-13(11)21/h3-7H,1-2H3,(H,25,27)(H,26,28). The minimum absolute atomic E-state index is 0.0308. The Balaban J connectivity index is 2.18. The summed E-state index contributed by atoms with van der Waals surface area (Å²) >= 11 is 5.95. The highest BCUT2D eigenvalue weighted by molar-refractivity contribution is 6.31. The first-order chi connectivity index (χ1) is 13.0. The largest absolute Gasteiger partial charge is 0.416 e. The molecule has 0 atom stereocenters. The van der Waals surface area contributed by atoms with Gasteiger partial charge < -0.3 is 9.97 Å². The molecular formula is C19H13ClF4N2O2. The molecule has 0 fully saturated rings. The molecule has 0 aliphatic rings. The number of halogens is 5. The second-order valence-electron chi connectivity index (χ2n) is 6.21. The second kappa shape index (κ2) is 6.94. The van der Waals surface area contributed by atoms with Gasteiger partial charge in [-0.25, -0.2) is 4.39 Å². The molecule has 0 saturated heterocycles. The molecule has 1 aromatic carbocycles. The Hall–Kier alpha value is -2.87. The summed E-state index contributed by atoms with van der Waals surface area (Å²) in [5.74, 6) is -0.927. The van der Waals surface area contributed by atoms with E-state index in [9.17, 15) is 27.2 Å². The van der Waals surface area contributed by atoms with Crippen molar-refractivity contribution in [2.24, 2.45) is 0 Å². The summed E-state index contributed by atoms with van der Waals surface area (Å²) in [5.41, 5.74) is -1.99. The van der Waals surface area contributed by atoms with Gasteiger partial charge in [0.05, 0.1) is 22.4 Å². The number of hydrogen-bond acceptors (Lipinski definition) is 2. The Morgan fingerprint density at radius 1 is 1.00 bits per heavy atom. The molecule has 0 amide bonds. The van der Waals surface area contributed by atoms with Crippen LogP contribution in [0.4, 0.5) is 17.6 Å². The lowest BCUT2D eigenvalue weighted by Crippen LogP contribution is -2.17. The van der Waals surface area contributed by atoms with E-state index in [1.807, 2.05) is 0 Å². The van der Waals surface area contributed by atoms with Crippen LogP contribution >= 0.6 is 11.6 Å². The number of aromatic nitrogens is 2. The van der Waals surface area contributed by atoms with Crippen LogP contribution < -0.4 is 10.9 Å². The summed E-state index contributed by atoms with van der Waals surface area (Å²) in [7, 11) is 0. The maximum Gasteiger partial charge on any atom is 0.416 e. The third-order valence-corrected chi connectivity index (χ3v) is 4.73. The molecule has 3 rings (SSSR count). The van der Waals surface area contributed by atoms with Crippen LogP contribution in [0.15, 0.2) is 40.1 Å². The van der Waals surface area contributed by atoms with Gasteiger partial charge >= 0.3 is 6.18 Å². The fourth-order valence-electron chi connectivity index (χ4n) is 2.90. The second-order valence-corrected chi connectivity index (χ2v) is 6.59. The van der Waals surface area contributed by atoms with Crippen molar-refractivity contribution in [2.45, 2.75) is 20.0 Å². The molecule has 0 saturated carbocycles. The number of benzene rings is 1. The Labute approximate surface area is 160 Å². The van der Waals surface area contributed by atoms with E-state index in [2.05, 4.69) is 9.97 Å². The lowest BCUT2D eigenvalue weighted by molar-refractivity contribution is -0.137. The van der Waals surface area contributed by atoms with E-state index in [0.717, 1.165) is 12.3 Å². The van der Waals surface area contributed by atoms with Crippen molar-refractivity contribution in [3.05, 3.63) is 78.7 Å². The van der Waals surface area contributed by atoms with E-state index in [0.29, 0.717) is 29.6 Å². The number of aryl methyl sites for hydroxylation is 2. The van der Waals surface area contributed by atoms with Crippen LogP contribution in [0, 0.1) is 19.7 Å². The number of aromatic amines is 2. The smallest absolute Gasteiger partial charge is 0.361 e. The molecule has 4 nitrogen and oxygen atoms in total. The molecule has 28 heavy (non-hydrogen) atoms. The molecule has 9 heteroatoms. The van der Waals surface area contributed by atoms with E-state index >= 15 is 0 Å². The van der Waals surface area contributed by atoms with E-state index in [4.69, 9.17) is 11.6 Å². The van der Waals surface area contributed by atoms with Crippen LogP contribution in [0.2, 0.25) is 5.02 Å². The van der Waals surface area contributed by atoms with Crippen molar-refractivity contribution in [3.63, 3.8) is 0 Å². The molecule has 3 aromatic rings. The fourth-order valence-corrected chi connectivity index (χ4v) is 3.05. The number of alkyl halides is 3. The van der Waals surface area contributed by atoms with Crippen molar-refractivity contribution in [2.75, 3.05) is 0 Å². The van der Waals surface area contributed by atoms with Crippen molar-refractivity contribution in [3.8, 4) is 22.4 Å². The topological polar surface area (TPSA) is 65.7 Å². The van der Waals surface area contributed by atoms with Gasteiger partial charge in [-0.15, -0.1) is 0 Å². The van der Waals surface area contributed by atoms with Crippen LogP contribution in [0.25, 0.3) is 22.4 Å². The van der Waals surface area contributed by atoms with Gasteiger partial charge in [-0.05, 0) is 32.0 Å². The van der Waals surface area contributed by atoms with Crippen LogP contribution in [-0.4, -0.2) is 9.97 Å². The quantitative estimate of drug-likeness (QED) is 0.592. The molecule has 0 aliphatic heterocycles. The van der Waals surface area contributed by atoms with E-state index in [-0.39, 0.29) is 21.8 Å². The average Bonchev–Trinajstić information content (AvgIpc) is 2.60. The fraction of sp³-hybridized carbons (Fsp3) is 0.158. The number of H-pyrrole nitrogens is 2. The van der Waals surface area contributed by atoms with Gasteiger partial charge in [-0.1, -0.05) is 11.6 Å². The monoisotopic (exact) mass is 412 g/mol. The Morgan fingerprint density at radius 2 is 1.68 bits per heavy atom. The summed E-state index contributed by atoms with van der Waals surface area (Å²) in [4.78, 5) is 30.5. The highest BCUT2D eigenvalue weighted by Crippen LogP contribution is 2.33. The molecular weight excluding hydrogens is 400 g/mol. The van der Waals surface area contributed by atoms with Crippen LogP contribution in [0.5, 0.6) is 0 Å². The molecule has 0 aliphatic carbocycles. The van der Waals surface area contributed by atoms with Crippen molar-refractivity contribution in [1.82, 2.24) is 9.97 Å². The Kier molecular flexibility index (Phi) is 4.93. The highest BCUT2D eigenvalue weighted by Gasteiger charge is 2.31. The normalized spacial score (nSPS) is 11.7. The number of pyridine rings is 2. The van der Waals surface area contributed by atoms with Gasteiger partial charge in [0.2, 0.25) is 5.43 Å². The van der Waals surface area contributed by atoms with Gasteiger partial charge in [0.1, 0.15) is 10.8 Å². The van der Waals surface area contributed by atoms with E-state index in [1.165, 1.54) is 0 Å². The zero-order chi connectivity index (χ0) is 20.8. The molecule has 0 spiro atoms. The molecule has 2 aromatic heterocycles. The maximum atomic E-state index is 14.1. The molecule has 2 N–H and O–H groups in total. The van der Waals surface area contributed by atoms with Crippen molar-refractivity contribution in [1.29, 1.82) is 0 Å². The first-order valence-electron chi connectivity index (χ1n) is 8.00. The van der Waals surface area contributed by atoms with Crippen LogP contribution in [-0.2, 0) is 6.18 Å². The Morgan fingerprint density at radius 3 is 2.29 bits per heavy atom.